The van der Waals surface area contributed by atoms with Crippen molar-refractivity contribution in [3.05, 3.63) is 72.3 Å². The van der Waals surface area contributed by atoms with E-state index in [4.69, 9.17) is 4.74 Å². The molecule has 3 rings (SSSR count). The molecule has 7 heteroatoms. The highest BCUT2D eigenvalue weighted by Gasteiger charge is 2.30. The zero-order valence-electron chi connectivity index (χ0n) is 18.8. The van der Waals surface area contributed by atoms with Gasteiger partial charge in [0, 0.05) is 5.92 Å². The summed E-state index contributed by atoms with van der Waals surface area (Å²) in [5.41, 5.74) is 4.43. The summed E-state index contributed by atoms with van der Waals surface area (Å²) in [5, 5.41) is 14.4. The molecule has 33 heavy (non-hydrogen) atoms. The Kier molecular flexibility index (Phi) is 8.24. The summed E-state index contributed by atoms with van der Waals surface area (Å²) in [7, 11) is 0. The number of ether oxygens (including phenoxy) is 1. The van der Waals surface area contributed by atoms with Gasteiger partial charge in [-0.05, 0) is 35.1 Å². The van der Waals surface area contributed by atoms with E-state index in [0.717, 1.165) is 28.7 Å². The third-order valence-electron chi connectivity index (χ3n) is 5.82. The summed E-state index contributed by atoms with van der Waals surface area (Å²) < 4.78 is 5.50. The fourth-order valence-electron chi connectivity index (χ4n) is 4.12. The molecule has 2 aromatic rings. The van der Waals surface area contributed by atoms with E-state index in [1.807, 2.05) is 43.3 Å². The Bertz CT molecular complexity index is 974. The largest absolute Gasteiger partial charge is 0.480 e. The highest BCUT2D eigenvalue weighted by molar-refractivity contribution is 5.89. The Morgan fingerprint density at radius 1 is 1.03 bits per heavy atom. The summed E-state index contributed by atoms with van der Waals surface area (Å²) in [6.45, 7) is 5.69. The number of rotatable bonds is 11. The number of benzene rings is 2. The number of alkyl carbamates (subject to hydrolysis) is 1. The zero-order chi connectivity index (χ0) is 23.8. The maximum absolute atomic E-state index is 12.6. The molecular weight excluding hydrogens is 420 g/mol. The van der Waals surface area contributed by atoms with Crippen LogP contribution in [0.3, 0.4) is 0 Å². The van der Waals surface area contributed by atoms with Crippen LogP contribution in [0.25, 0.3) is 11.1 Å². The number of carbonyl (C=O) groups is 3. The van der Waals surface area contributed by atoms with Crippen LogP contribution in [0.1, 0.15) is 49.7 Å². The summed E-state index contributed by atoms with van der Waals surface area (Å²) >= 11 is 0. The van der Waals surface area contributed by atoms with Crippen LogP contribution in [-0.4, -0.2) is 41.8 Å². The second kappa shape index (κ2) is 11.3. The molecule has 1 aliphatic rings. The lowest BCUT2D eigenvalue weighted by Gasteiger charge is -2.21. The van der Waals surface area contributed by atoms with Gasteiger partial charge in [-0.15, -0.1) is 6.58 Å². The standard InChI is InChI=1S/C26H30N2O5/c1-3-5-15-23(25(30)31)27-24(29)22(10-4-2)28-26(32)33-16-21-19-13-8-6-11-17(19)18-12-7-9-14-20(18)21/h4,6-9,11-14,21-23H,2-3,5,10,15-16H2,1H3,(H,27,29)(H,28,32)(H,30,31)/t22?,23-/m0/s1. The van der Waals surface area contributed by atoms with Gasteiger partial charge in [-0.25, -0.2) is 9.59 Å². The van der Waals surface area contributed by atoms with Crippen LogP contribution in [-0.2, 0) is 14.3 Å². The number of amides is 2. The number of carboxylic acid groups (broad SMARTS) is 1. The SMILES string of the molecule is C=CCC(NC(=O)OCC1c2ccccc2-c2ccccc21)C(=O)N[C@@H](CCCC)C(=O)O. The first-order chi connectivity index (χ1) is 16.0. The third-order valence-corrected chi connectivity index (χ3v) is 5.82. The first-order valence-corrected chi connectivity index (χ1v) is 11.2. The molecule has 0 spiro atoms. The van der Waals surface area contributed by atoms with E-state index in [1.54, 1.807) is 0 Å². The van der Waals surface area contributed by atoms with E-state index in [-0.39, 0.29) is 18.9 Å². The minimum Gasteiger partial charge on any atom is -0.480 e. The molecule has 0 aliphatic heterocycles. The van der Waals surface area contributed by atoms with Gasteiger partial charge in [-0.2, -0.15) is 0 Å². The van der Waals surface area contributed by atoms with Gasteiger partial charge in [0.25, 0.3) is 0 Å². The minimum atomic E-state index is -1.10. The molecule has 2 aromatic carbocycles. The first kappa shape index (κ1) is 24.0. The van der Waals surface area contributed by atoms with E-state index in [9.17, 15) is 19.5 Å². The van der Waals surface area contributed by atoms with Crippen LogP contribution in [0, 0.1) is 0 Å². The van der Waals surface area contributed by atoms with Gasteiger partial charge in [0.2, 0.25) is 5.91 Å². The lowest BCUT2D eigenvalue weighted by Crippen LogP contribution is -2.51. The second-order valence-electron chi connectivity index (χ2n) is 8.09. The van der Waals surface area contributed by atoms with Crippen molar-refractivity contribution in [3.8, 4) is 11.1 Å². The number of fused-ring (bicyclic) bond motifs is 3. The molecule has 1 aliphatic carbocycles. The average molecular weight is 451 g/mol. The van der Waals surface area contributed by atoms with Crippen molar-refractivity contribution >= 4 is 18.0 Å². The van der Waals surface area contributed by atoms with Crippen LogP contribution < -0.4 is 10.6 Å². The Hall–Kier alpha value is -3.61. The molecule has 2 atom stereocenters. The number of unbranched alkanes of at least 4 members (excludes halogenated alkanes) is 1. The molecule has 174 valence electrons. The monoisotopic (exact) mass is 450 g/mol. The molecule has 3 N–H and O–H groups in total. The molecule has 2 amide bonds. The van der Waals surface area contributed by atoms with Gasteiger partial charge in [0.05, 0.1) is 0 Å². The molecular formula is C26H30N2O5. The Labute approximate surface area is 193 Å². The van der Waals surface area contributed by atoms with Gasteiger partial charge in [0.15, 0.2) is 0 Å². The highest BCUT2D eigenvalue weighted by atomic mass is 16.5. The van der Waals surface area contributed by atoms with Gasteiger partial charge in [0.1, 0.15) is 18.7 Å². The van der Waals surface area contributed by atoms with E-state index < -0.39 is 30.1 Å². The molecule has 0 saturated heterocycles. The topological polar surface area (TPSA) is 105 Å². The number of carbonyl (C=O) groups excluding carboxylic acids is 2. The maximum atomic E-state index is 12.6. The number of nitrogens with one attached hydrogen (secondary N) is 2. The summed E-state index contributed by atoms with van der Waals surface area (Å²) in [4.78, 5) is 36.6. The Balaban J connectivity index is 1.63. The molecule has 0 heterocycles. The molecule has 0 fully saturated rings. The lowest BCUT2D eigenvalue weighted by atomic mass is 9.98. The van der Waals surface area contributed by atoms with Gasteiger partial charge >= 0.3 is 12.1 Å². The second-order valence-corrected chi connectivity index (χ2v) is 8.09. The predicted octanol–water partition coefficient (Wildman–Crippen LogP) is 4.23. The molecule has 0 saturated carbocycles. The number of hydrogen-bond acceptors (Lipinski definition) is 4. The molecule has 0 aromatic heterocycles. The minimum absolute atomic E-state index is 0.0970. The quantitative estimate of drug-likeness (QED) is 0.445. The van der Waals surface area contributed by atoms with E-state index in [0.29, 0.717) is 12.8 Å². The smallest absolute Gasteiger partial charge is 0.407 e. The van der Waals surface area contributed by atoms with Crippen molar-refractivity contribution in [2.45, 2.75) is 50.6 Å². The number of hydrogen-bond donors (Lipinski definition) is 3. The van der Waals surface area contributed by atoms with Crippen molar-refractivity contribution in [1.29, 1.82) is 0 Å². The summed E-state index contributed by atoms with van der Waals surface area (Å²) in [5.74, 6) is -1.78. The fourth-order valence-corrected chi connectivity index (χ4v) is 4.12. The van der Waals surface area contributed by atoms with Crippen LogP contribution in [0.5, 0.6) is 0 Å². The average Bonchev–Trinajstić information content (AvgIpc) is 3.13. The lowest BCUT2D eigenvalue weighted by molar-refractivity contribution is -0.142. The summed E-state index contributed by atoms with van der Waals surface area (Å²) in [6, 6.07) is 14.1. The zero-order valence-corrected chi connectivity index (χ0v) is 18.8. The number of aliphatic carboxylic acids is 1. The van der Waals surface area contributed by atoms with Crippen LogP contribution in [0.2, 0.25) is 0 Å². The normalized spacial score (nSPS) is 13.8. The predicted molar refractivity (Wildman–Crippen MR) is 126 cm³/mol. The Morgan fingerprint density at radius 2 is 1.64 bits per heavy atom. The number of carboxylic acids is 1. The highest BCUT2D eigenvalue weighted by Crippen LogP contribution is 2.44. The Morgan fingerprint density at radius 3 is 2.18 bits per heavy atom. The first-order valence-electron chi connectivity index (χ1n) is 11.2. The molecule has 0 bridgehead atoms. The summed E-state index contributed by atoms with van der Waals surface area (Å²) in [6.07, 6.45) is 2.71. The van der Waals surface area contributed by atoms with Crippen LogP contribution in [0.15, 0.2) is 61.2 Å². The fraction of sp³-hybridized carbons (Fsp3) is 0.346. The van der Waals surface area contributed by atoms with Crippen LogP contribution in [0.4, 0.5) is 4.79 Å². The van der Waals surface area contributed by atoms with Crippen molar-refractivity contribution in [3.63, 3.8) is 0 Å². The van der Waals surface area contributed by atoms with Gasteiger partial charge < -0.3 is 20.5 Å². The van der Waals surface area contributed by atoms with E-state index >= 15 is 0 Å². The van der Waals surface area contributed by atoms with Crippen molar-refractivity contribution in [1.82, 2.24) is 10.6 Å². The molecule has 7 nitrogen and oxygen atoms in total. The van der Waals surface area contributed by atoms with Gasteiger partial charge in [-0.1, -0.05) is 74.4 Å². The molecule has 0 radical (unpaired) electrons. The van der Waals surface area contributed by atoms with Gasteiger partial charge in [-0.3, -0.25) is 4.79 Å². The van der Waals surface area contributed by atoms with E-state index in [2.05, 4.69) is 29.3 Å². The van der Waals surface area contributed by atoms with E-state index in [1.165, 1.54) is 6.08 Å². The van der Waals surface area contributed by atoms with Crippen molar-refractivity contribution in [2.75, 3.05) is 6.61 Å². The molecule has 1 unspecified atom stereocenters. The maximum Gasteiger partial charge on any atom is 0.407 e. The third kappa shape index (κ3) is 5.80. The van der Waals surface area contributed by atoms with Crippen LogP contribution >= 0.6 is 0 Å². The van der Waals surface area contributed by atoms with Crippen molar-refractivity contribution < 1.29 is 24.2 Å². The van der Waals surface area contributed by atoms with Crippen molar-refractivity contribution in [2.24, 2.45) is 0 Å².